The number of nitrogens with one attached hydrogen (secondary N) is 1. The van der Waals surface area contributed by atoms with E-state index in [2.05, 4.69) is 11.3 Å². The van der Waals surface area contributed by atoms with Gasteiger partial charge >= 0.3 is 0 Å². The number of aryl methyl sites for hydroxylation is 1. The molecule has 0 aliphatic carbocycles. The van der Waals surface area contributed by atoms with Crippen LogP contribution in [0, 0.1) is 12.7 Å². The van der Waals surface area contributed by atoms with E-state index in [1.807, 2.05) is 0 Å². The van der Waals surface area contributed by atoms with Crippen molar-refractivity contribution in [3.8, 4) is 0 Å². The van der Waals surface area contributed by atoms with Crippen molar-refractivity contribution in [1.29, 1.82) is 0 Å². The first-order valence-electron chi connectivity index (χ1n) is 4.42. The predicted molar refractivity (Wildman–Crippen MR) is 61.3 cm³/mol. The van der Waals surface area contributed by atoms with Crippen molar-refractivity contribution in [2.45, 2.75) is 11.8 Å². The summed E-state index contributed by atoms with van der Waals surface area (Å²) in [6.07, 6.45) is 0. The zero-order valence-electron chi connectivity index (χ0n) is 8.63. The Morgan fingerprint density at radius 1 is 1.56 bits per heavy atom. The van der Waals surface area contributed by atoms with Crippen LogP contribution in [0.2, 0.25) is 0 Å². The summed E-state index contributed by atoms with van der Waals surface area (Å²) in [5.74, 6) is -0.601. The van der Waals surface area contributed by atoms with Crippen molar-refractivity contribution < 1.29 is 12.8 Å². The molecule has 0 amide bonds. The smallest absolute Gasteiger partial charge is 0.207 e. The molecule has 1 rings (SSSR count). The lowest BCUT2D eigenvalue weighted by atomic mass is 10.2. The highest BCUT2D eigenvalue weighted by Gasteiger charge is 2.17. The Kier molecular flexibility index (Phi) is 4.07. The molecule has 1 aromatic carbocycles. The molecular weight excluding hydrogens is 253 g/mol. The highest BCUT2D eigenvalue weighted by Crippen LogP contribution is 2.16. The Morgan fingerprint density at radius 2 is 2.19 bits per heavy atom. The van der Waals surface area contributed by atoms with Crippen LogP contribution < -0.4 is 4.72 Å². The lowest BCUT2D eigenvalue weighted by molar-refractivity contribution is 0.580. The fourth-order valence-corrected chi connectivity index (χ4v) is 2.54. The first-order valence-corrected chi connectivity index (χ1v) is 6.28. The van der Waals surface area contributed by atoms with E-state index < -0.39 is 15.8 Å². The van der Waals surface area contributed by atoms with Crippen molar-refractivity contribution in [2.24, 2.45) is 0 Å². The van der Waals surface area contributed by atoms with Gasteiger partial charge in [0.15, 0.2) is 0 Å². The molecule has 0 aromatic heterocycles. The zero-order chi connectivity index (χ0) is 12.3. The molecule has 1 aromatic rings. The van der Waals surface area contributed by atoms with Crippen LogP contribution in [-0.2, 0) is 10.0 Å². The third kappa shape index (κ3) is 3.30. The van der Waals surface area contributed by atoms with Crippen LogP contribution in [-0.4, -0.2) is 15.0 Å². The van der Waals surface area contributed by atoms with E-state index in [1.165, 1.54) is 12.1 Å². The molecule has 3 nitrogen and oxygen atoms in total. The predicted octanol–water partition coefficient (Wildman–Crippen LogP) is 2.16. The molecule has 0 saturated heterocycles. The van der Waals surface area contributed by atoms with Crippen LogP contribution in [0.25, 0.3) is 0 Å². The summed E-state index contributed by atoms with van der Waals surface area (Å²) >= 11 is 5.45. The number of benzene rings is 1. The Bertz CT molecular complexity index is 514. The normalized spacial score (nSPS) is 11.4. The molecule has 0 radical (unpaired) electrons. The van der Waals surface area contributed by atoms with Crippen molar-refractivity contribution >= 4 is 21.6 Å². The van der Waals surface area contributed by atoms with Gasteiger partial charge in [0.25, 0.3) is 0 Å². The number of sulfonamides is 1. The van der Waals surface area contributed by atoms with E-state index in [0.29, 0.717) is 5.56 Å². The molecule has 0 saturated carbocycles. The van der Waals surface area contributed by atoms with Gasteiger partial charge in [-0.2, -0.15) is 0 Å². The van der Waals surface area contributed by atoms with Gasteiger partial charge in [0.1, 0.15) is 5.82 Å². The molecular formula is C10H11ClFNO2S. The van der Waals surface area contributed by atoms with Gasteiger partial charge in [-0.15, -0.1) is 0 Å². The van der Waals surface area contributed by atoms with Crippen LogP contribution in [0.4, 0.5) is 4.39 Å². The first kappa shape index (κ1) is 13.2. The highest BCUT2D eigenvalue weighted by molar-refractivity contribution is 7.89. The molecule has 0 fully saturated rings. The topological polar surface area (TPSA) is 46.2 Å². The molecule has 0 unspecified atom stereocenters. The number of rotatable bonds is 4. The maximum absolute atomic E-state index is 12.9. The minimum atomic E-state index is -3.74. The van der Waals surface area contributed by atoms with Crippen molar-refractivity contribution in [3.05, 3.63) is 41.2 Å². The van der Waals surface area contributed by atoms with E-state index in [4.69, 9.17) is 11.6 Å². The molecule has 0 aliphatic heterocycles. The molecule has 0 aliphatic rings. The van der Waals surface area contributed by atoms with Gasteiger partial charge in [-0.05, 0) is 24.6 Å². The molecule has 88 valence electrons. The standard InChI is InChI=1S/C10H11ClFNO2S/c1-7-3-4-9(12)5-10(7)16(14,15)13-6-8(2)11/h3-5,13H,2,6H2,1H3. The summed E-state index contributed by atoms with van der Waals surface area (Å²) in [6, 6.07) is 3.57. The maximum Gasteiger partial charge on any atom is 0.241 e. The summed E-state index contributed by atoms with van der Waals surface area (Å²) in [5, 5.41) is 0.164. The summed E-state index contributed by atoms with van der Waals surface area (Å²) in [6.45, 7) is 4.86. The summed E-state index contributed by atoms with van der Waals surface area (Å²) in [5.41, 5.74) is 0.467. The van der Waals surface area contributed by atoms with E-state index in [0.717, 1.165) is 6.07 Å². The quantitative estimate of drug-likeness (QED) is 0.905. The largest absolute Gasteiger partial charge is 0.241 e. The number of halogens is 2. The summed E-state index contributed by atoms with van der Waals surface area (Å²) in [4.78, 5) is -0.0922. The molecule has 0 bridgehead atoms. The second-order valence-electron chi connectivity index (χ2n) is 3.25. The van der Waals surface area contributed by atoms with Crippen LogP contribution in [0.5, 0.6) is 0 Å². The van der Waals surface area contributed by atoms with Crippen molar-refractivity contribution in [2.75, 3.05) is 6.54 Å². The zero-order valence-corrected chi connectivity index (χ0v) is 10.2. The van der Waals surface area contributed by atoms with Gasteiger partial charge in [-0.3, -0.25) is 0 Å². The lowest BCUT2D eigenvalue weighted by Gasteiger charge is -2.08. The molecule has 0 heterocycles. The van der Waals surface area contributed by atoms with Gasteiger partial charge in [-0.1, -0.05) is 24.2 Å². The van der Waals surface area contributed by atoms with Crippen LogP contribution >= 0.6 is 11.6 Å². The molecule has 16 heavy (non-hydrogen) atoms. The van der Waals surface area contributed by atoms with Crippen molar-refractivity contribution in [3.63, 3.8) is 0 Å². The van der Waals surface area contributed by atoms with E-state index in [1.54, 1.807) is 6.92 Å². The molecule has 6 heteroatoms. The maximum atomic E-state index is 12.9. The number of hydrogen-bond acceptors (Lipinski definition) is 2. The minimum Gasteiger partial charge on any atom is -0.207 e. The Balaban J connectivity index is 3.07. The van der Waals surface area contributed by atoms with Crippen LogP contribution in [0.1, 0.15) is 5.56 Å². The van der Waals surface area contributed by atoms with Gasteiger partial charge in [0.05, 0.1) is 4.90 Å². The van der Waals surface area contributed by atoms with E-state index in [-0.39, 0.29) is 16.5 Å². The van der Waals surface area contributed by atoms with E-state index >= 15 is 0 Å². The van der Waals surface area contributed by atoms with Gasteiger partial charge in [-0.25, -0.2) is 17.5 Å². The Labute approximate surface area is 99.0 Å². The fourth-order valence-electron chi connectivity index (χ4n) is 1.11. The second kappa shape index (κ2) is 4.95. The average molecular weight is 264 g/mol. The average Bonchev–Trinajstić information content (AvgIpc) is 2.19. The third-order valence-corrected chi connectivity index (χ3v) is 3.57. The molecule has 0 atom stereocenters. The third-order valence-electron chi connectivity index (χ3n) is 1.89. The van der Waals surface area contributed by atoms with Crippen LogP contribution in [0.15, 0.2) is 34.7 Å². The second-order valence-corrected chi connectivity index (χ2v) is 5.52. The summed E-state index contributed by atoms with van der Waals surface area (Å²) < 4.78 is 38.6. The van der Waals surface area contributed by atoms with Gasteiger partial charge in [0.2, 0.25) is 10.0 Å². The van der Waals surface area contributed by atoms with E-state index in [9.17, 15) is 12.8 Å². The van der Waals surface area contributed by atoms with Gasteiger partial charge in [0, 0.05) is 11.6 Å². The van der Waals surface area contributed by atoms with Crippen molar-refractivity contribution in [1.82, 2.24) is 4.72 Å². The minimum absolute atomic E-state index is 0.0835. The molecule has 0 spiro atoms. The molecule has 1 N–H and O–H groups in total. The van der Waals surface area contributed by atoms with Crippen LogP contribution in [0.3, 0.4) is 0 Å². The first-order chi connectivity index (χ1) is 7.33. The SMILES string of the molecule is C=C(Cl)CNS(=O)(=O)c1cc(F)ccc1C. The Hall–Kier alpha value is -0.910. The van der Waals surface area contributed by atoms with Gasteiger partial charge < -0.3 is 0 Å². The number of hydrogen-bond donors (Lipinski definition) is 1. The lowest BCUT2D eigenvalue weighted by Crippen LogP contribution is -2.25. The summed E-state index contributed by atoms with van der Waals surface area (Å²) in [7, 11) is -3.74. The monoisotopic (exact) mass is 263 g/mol. The Morgan fingerprint density at radius 3 is 2.75 bits per heavy atom. The highest BCUT2D eigenvalue weighted by atomic mass is 35.5. The fraction of sp³-hybridized carbons (Fsp3) is 0.200.